The van der Waals surface area contributed by atoms with Crippen LogP contribution in [0.4, 0.5) is 5.69 Å². The predicted molar refractivity (Wildman–Crippen MR) is 69.3 cm³/mol. The fourth-order valence-corrected chi connectivity index (χ4v) is 2.87. The van der Waals surface area contributed by atoms with Crippen molar-refractivity contribution in [3.63, 3.8) is 0 Å². The van der Waals surface area contributed by atoms with Crippen LogP contribution in [0.2, 0.25) is 0 Å². The molecule has 1 atom stereocenters. The van der Waals surface area contributed by atoms with E-state index in [0.717, 1.165) is 44.3 Å². The van der Waals surface area contributed by atoms with Gasteiger partial charge in [0, 0.05) is 18.5 Å². The van der Waals surface area contributed by atoms with Crippen LogP contribution in [0.5, 0.6) is 0 Å². The maximum atomic E-state index is 12.5. The molecule has 1 amide bonds. The molecule has 18 heavy (non-hydrogen) atoms. The zero-order valence-corrected chi connectivity index (χ0v) is 10.8. The second-order valence-electron chi connectivity index (χ2n) is 5.38. The van der Waals surface area contributed by atoms with Gasteiger partial charge in [-0.05, 0) is 32.1 Å². The standard InChI is InChI=1S/C13H20N4O/c1-2-9-4-3-7-17(9)13(18)12-10(14)11(15-16-12)8-5-6-8/h8-9H,2-7,14H2,1H3,(H,15,16). The third-order valence-corrected chi connectivity index (χ3v) is 4.13. The van der Waals surface area contributed by atoms with Gasteiger partial charge in [-0.15, -0.1) is 0 Å². The van der Waals surface area contributed by atoms with E-state index in [0.29, 0.717) is 23.3 Å². The van der Waals surface area contributed by atoms with Crippen molar-refractivity contribution in [1.29, 1.82) is 0 Å². The number of anilines is 1. The van der Waals surface area contributed by atoms with Gasteiger partial charge in [0.1, 0.15) is 0 Å². The van der Waals surface area contributed by atoms with Crippen molar-refractivity contribution in [1.82, 2.24) is 15.1 Å². The molecule has 0 radical (unpaired) electrons. The minimum Gasteiger partial charge on any atom is -0.395 e. The second kappa shape index (κ2) is 4.30. The summed E-state index contributed by atoms with van der Waals surface area (Å²) in [5.74, 6) is 0.500. The molecule has 2 aliphatic rings. The lowest BCUT2D eigenvalue weighted by molar-refractivity contribution is 0.0729. The molecule has 98 valence electrons. The van der Waals surface area contributed by atoms with Gasteiger partial charge in [0.2, 0.25) is 0 Å². The maximum Gasteiger partial charge on any atom is 0.276 e. The number of carbonyl (C=O) groups is 1. The van der Waals surface area contributed by atoms with Crippen LogP contribution in [0.15, 0.2) is 0 Å². The number of hydrogen-bond donors (Lipinski definition) is 2. The first-order chi connectivity index (χ1) is 8.72. The second-order valence-corrected chi connectivity index (χ2v) is 5.38. The van der Waals surface area contributed by atoms with Crippen LogP contribution in [-0.2, 0) is 0 Å². The van der Waals surface area contributed by atoms with Gasteiger partial charge in [-0.1, -0.05) is 6.92 Å². The number of H-pyrrole nitrogens is 1. The van der Waals surface area contributed by atoms with Crippen LogP contribution in [0, 0.1) is 0 Å². The van der Waals surface area contributed by atoms with E-state index >= 15 is 0 Å². The Hall–Kier alpha value is -1.52. The third-order valence-electron chi connectivity index (χ3n) is 4.13. The van der Waals surface area contributed by atoms with E-state index in [4.69, 9.17) is 5.73 Å². The molecule has 0 aromatic carbocycles. The number of hydrogen-bond acceptors (Lipinski definition) is 3. The Balaban J connectivity index is 1.83. The number of rotatable bonds is 3. The molecule has 2 heterocycles. The van der Waals surface area contributed by atoms with Crippen LogP contribution < -0.4 is 5.73 Å². The van der Waals surface area contributed by atoms with Gasteiger partial charge in [-0.3, -0.25) is 9.89 Å². The molecular weight excluding hydrogens is 228 g/mol. The van der Waals surface area contributed by atoms with Gasteiger partial charge in [-0.25, -0.2) is 0 Å². The van der Waals surface area contributed by atoms with Gasteiger partial charge >= 0.3 is 0 Å². The number of aromatic amines is 1. The van der Waals surface area contributed by atoms with Crippen molar-refractivity contribution in [3.8, 4) is 0 Å². The van der Waals surface area contributed by atoms with Crippen molar-refractivity contribution >= 4 is 11.6 Å². The van der Waals surface area contributed by atoms with E-state index in [9.17, 15) is 4.79 Å². The highest BCUT2D eigenvalue weighted by molar-refractivity contribution is 5.98. The van der Waals surface area contributed by atoms with E-state index in [2.05, 4.69) is 17.1 Å². The molecule has 1 aromatic rings. The molecule has 1 saturated heterocycles. The number of likely N-dealkylation sites (tertiary alicyclic amines) is 1. The summed E-state index contributed by atoms with van der Waals surface area (Å²) in [5.41, 5.74) is 8.02. The average molecular weight is 248 g/mol. The summed E-state index contributed by atoms with van der Waals surface area (Å²) in [4.78, 5) is 14.4. The number of nitrogens with zero attached hydrogens (tertiary/aromatic N) is 2. The minimum absolute atomic E-state index is 0.000000000000000222. The van der Waals surface area contributed by atoms with E-state index in [1.165, 1.54) is 0 Å². The molecule has 0 spiro atoms. The monoisotopic (exact) mass is 248 g/mol. The van der Waals surface area contributed by atoms with E-state index in [-0.39, 0.29) is 5.91 Å². The number of carbonyl (C=O) groups excluding carboxylic acids is 1. The number of aromatic nitrogens is 2. The lowest BCUT2D eigenvalue weighted by atomic mass is 10.1. The molecule has 3 rings (SSSR count). The molecule has 1 aliphatic heterocycles. The third kappa shape index (κ3) is 1.78. The van der Waals surface area contributed by atoms with E-state index < -0.39 is 0 Å². The Morgan fingerprint density at radius 1 is 1.50 bits per heavy atom. The molecule has 1 aliphatic carbocycles. The van der Waals surface area contributed by atoms with Gasteiger partial charge in [0.05, 0.1) is 11.4 Å². The zero-order chi connectivity index (χ0) is 12.7. The quantitative estimate of drug-likeness (QED) is 0.857. The normalized spacial score (nSPS) is 23.6. The molecule has 2 fully saturated rings. The first kappa shape index (κ1) is 11.6. The molecular formula is C13H20N4O. The van der Waals surface area contributed by atoms with Crippen LogP contribution in [0.3, 0.4) is 0 Å². The number of nitrogen functional groups attached to an aromatic ring is 1. The molecule has 5 heteroatoms. The maximum absolute atomic E-state index is 12.5. The summed E-state index contributed by atoms with van der Waals surface area (Å²) in [7, 11) is 0. The van der Waals surface area contributed by atoms with Crippen LogP contribution in [0.1, 0.15) is 61.1 Å². The lowest BCUT2D eigenvalue weighted by Gasteiger charge is -2.22. The summed E-state index contributed by atoms with van der Waals surface area (Å²) < 4.78 is 0. The molecule has 0 bridgehead atoms. The molecule has 3 N–H and O–H groups in total. The Morgan fingerprint density at radius 3 is 2.94 bits per heavy atom. The van der Waals surface area contributed by atoms with Crippen LogP contribution in [-0.4, -0.2) is 33.6 Å². The van der Waals surface area contributed by atoms with Crippen molar-refractivity contribution in [2.45, 2.75) is 51.0 Å². The molecule has 1 saturated carbocycles. The topological polar surface area (TPSA) is 75.0 Å². The summed E-state index contributed by atoms with van der Waals surface area (Å²) in [6.07, 6.45) is 5.50. The molecule has 5 nitrogen and oxygen atoms in total. The van der Waals surface area contributed by atoms with E-state index in [1.807, 2.05) is 4.90 Å². The zero-order valence-electron chi connectivity index (χ0n) is 10.8. The summed E-state index contributed by atoms with van der Waals surface area (Å²) in [5, 5.41) is 7.10. The van der Waals surface area contributed by atoms with E-state index in [1.54, 1.807) is 0 Å². The summed E-state index contributed by atoms with van der Waals surface area (Å²) in [6.45, 7) is 2.96. The Kier molecular flexibility index (Phi) is 2.76. The summed E-state index contributed by atoms with van der Waals surface area (Å²) in [6, 6.07) is 0.359. The Labute approximate surface area is 107 Å². The first-order valence-corrected chi connectivity index (χ1v) is 6.87. The van der Waals surface area contributed by atoms with Crippen LogP contribution >= 0.6 is 0 Å². The van der Waals surface area contributed by atoms with Gasteiger partial charge in [0.25, 0.3) is 5.91 Å². The van der Waals surface area contributed by atoms with Gasteiger partial charge in [-0.2, -0.15) is 5.10 Å². The fourth-order valence-electron chi connectivity index (χ4n) is 2.87. The number of amides is 1. The van der Waals surface area contributed by atoms with Gasteiger partial charge < -0.3 is 10.6 Å². The van der Waals surface area contributed by atoms with Crippen molar-refractivity contribution in [3.05, 3.63) is 11.4 Å². The van der Waals surface area contributed by atoms with Crippen LogP contribution in [0.25, 0.3) is 0 Å². The van der Waals surface area contributed by atoms with Crippen molar-refractivity contribution in [2.75, 3.05) is 12.3 Å². The Morgan fingerprint density at radius 2 is 2.28 bits per heavy atom. The average Bonchev–Trinajstić information content (AvgIpc) is 2.97. The van der Waals surface area contributed by atoms with Gasteiger partial charge in [0.15, 0.2) is 5.69 Å². The highest BCUT2D eigenvalue weighted by Crippen LogP contribution is 2.42. The smallest absolute Gasteiger partial charge is 0.276 e. The molecule has 1 unspecified atom stereocenters. The predicted octanol–water partition coefficient (Wildman–Crippen LogP) is 1.88. The number of nitrogens with one attached hydrogen (secondary N) is 1. The molecule has 1 aromatic heterocycles. The Bertz CT molecular complexity index is 464. The highest BCUT2D eigenvalue weighted by atomic mass is 16.2. The highest BCUT2D eigenvalue weighted by Gasteiger charge is 2.34. The lowest BCUT2D eigenvalue weighted by Crippen LogP contribution is -2.35. The minimum atomic E-state index is 0.000000000000000222. The SMILES string of the molecule is CCC1CCCN1C(=O)c1n[nH]c(C2CC2)c1N. The van der Waals surface area contributed by atoms with Crippen molar-refractivity contribution in [2.24, 2.45) is 0 Å². The first-order valence-electron chi connectivity index (χ1n) is 6.87. The van der Waals surface area contributed by atoms with Crippen molar-refractivity contribution < 1.29 is 4.79 Å². The largest absolute Gasteiger partial charge is 0.395 e. The fraction of sp³-hybridized carbons (Fsp3) is 0.692. The number of nitrogens with two attached hydrogens (primary N) is 1. The summed E-state index contributed by atoms with van der Waals surface area (Å²) >= 11 is 0.